The predicted molar refractivity (Wildman–Crippen MR) is 85.1 cm³/mol. The highest BCUT2D eigenvalue weighted by molar-refractivity contribution is 5.84. The summed E-state index contributed by atoms with van der Waals surface area (Å²) in [4.78, 5) is 17.4. The minimum Gasteiger partial charge on any atom is -0.441 e. The molecule has 1 saturated heterocycles. The van der Waals surface area contributed by atoms with Gasteiger partial charge in [0.05, 0.1) is 0 Å². The van der Waals surface area contributed by atoms with Crippen LogP contribution in [0.5, 0.6) is 0 Å². The van der Waals surface area contributed by atoms with E-state index in [-0.39, 0.29) is 17.9 Å². The summed E-state index contributed by atoms with van der Waals surface area (Å²) in [5, 5.41) is 0. The molecular formula is C18H19F3N2O2. The van der Waals surface area contributed by atoms with Gasteiger partial charge < -0.3 is 9.32 Å². The molecule has 2 heterocycles. The Morgan fingerprint density at radius 2 is 2.12 bits per heavy atom. The Morgan fingerprint density at radius 1 is 1.40 bits per heavy atom. The van der Waals surface area contributed by atoms with Gasteiger partial charge in [-0.15, -0.1) is 0 Å². The Kier molecular flexibility index (Phi) is 3.28. The van der Waals surface area contributed by atoms with E-state index in [0.29, 0.717) is 24.3 Å². The number of fused-ring (bicyclic) bond motifs is 6. The third-order valence-corrected chi connectivity index (χ3v) is 6.11. The minimum absolute atomic E-state index is 0.0948. The first-order valence-corrected chi connectivity index (χ1v) is 8.40. The maximum Gasteiger partial charge on any atom is 0.471 e. The van der Waals surface area contributed by atoms with Gasteiger partial charge in [0.1, 0.15) is 5.52 Å². The number of carbonyl (C=O) groups is 1. The van der Waals surface area contributed by atoms with Crippen LogP contribution in [0.3, 0.4) is 0 Å². The van der Waals surface area contributed by atoms with E-state index >= 15 is 0 Å². The van der Waals surface area contributed by atoms with Crippen molar-refractivity contribution in [2.75, 3.05) is 6.54 Å². The molecule has 0 saturated carbocycles. The van der Waals surface area contributed by atoms with Crippen LogP contribution in [-0.4, -0.2) is 34.6 Å². The van der Waals surface area contributed by atoms with E-state index < -0.39 is 18.1 Å². The second kappa shape index (κ2) is 4.99. The highest BCUT2D eigenvalue weighted by Crippen LogP contribution is 2.51. The fourth-order valence-corrected chi connectivity index (χ4v) is 4.67. The van der Waals surface area contributed by atoms with Crippen LogP contribution in [0.4, 0.5) is 13.2 Å². The van der Waals surface area contributed by atoms with Gasteiger partial charge in [0.25, 0.3) is 0 Å². The molecule has 1 fully saturated rings. The SMILES string of the molecule is Cc1nc2c3c(ccc2o1)CC1[C@@H](C)[C@@]3(C)CCN1C(=O)C(F)(F)F. The van der Waals surface area contributed by atoms with E-state index in [1.165, 1.54) is 0 Å². The summed E-state index contributed by atoms with van der Waals surface area (Å²) < 4.78 is 44.6. The van der Waals surface area contributed by atoms with Crippen LogP contribution < -0.4 is 0 Å². The molecular weight excluding hydrogens is 333 g/mol. The third-order valence-electron chi connectivity index (χ3n) is 6.11. The zero-order valence-corrected chi connectivity index (χ0v) is 14.3. The molecule has 25 heavy (non-hydrogen) atoms. The fourth-order valence-electron chi connectivity index (χ4n) is 4.67. The number of rotatable bonds is 0. The van der Waals surface area contributed by atoms with Crippen molar-refractivity contribution in [3.63, 3.8) is 0 Å². The molecule has 2 aromatic rings. The Labute approximate surface area is 143 Å². The third kappa shape index (κ3) is 2.20. The van der Waals surface area contributed by atoms with E-state index in [2.05, 4.69) is 11.9 Å². The van der Waals surface area contributed by atoms with Gasteiger partial charge in [0.15, 0.2) is 11.5 Å². The second-order valence-electron chi connectivity index (χ2n) is 7.40. The van der Waals surface area contributed by atoms with Crippen molar-refractivity contribution >= 4 is 17.0 Å². The van der Waals surface area contributed by atoms with Crippen LogP contribution in [0.2, 0.25) is 0 Å². The van der Waals surface area contributed by atoms with Gasteiger partial charge in [-0.1, -0.05) is 19.9 Å². The van der Waals surface area contributed by atoms with Gasteiger partial charge in [0, 0.05) is 24.9 Å². The smallest absolute Gasteiger partial charge is 0.441 e. The van der Waals surface area contributed by atoms with Crippen LogP contribution in [0.25, 0.3) is 11.1 Å². The summed E-state index contributed by atoms with van der Waals surface area (Å²) in [6.45, 7) is 5.90. The zero-order valence-electron chi connectivity index (χ0n) is 14.3. The molecule has 0 radical (unpaired) electrons. The number of aryl methyl sites for hydroxylation is 1. The molecule has 7 heteroatoms. The highest BCUT2D eigenvalue weighted by Gasteiger charge is 2.54. The predicted octanol–water partition coefficient (Wildman–Crippen LogP) is 3.75. The van der Waals surface area contributed by atoms with Crippen LogP contribution >= 0.6 is 0 Å². The molecule has 4 rings (SSSR count). The number of nitrogens with zero attached hydrogens (tertiary/aromatic N) is 2. The quantitative estimate of drug-likeness (QED) is 0.725. The Bertz CT molecular complexity index is 873. The number of alkyl halides is 3. The molecule has 3 atom stereocenters. The summed E-state index contributed by atoms with van der Waals surface area (Å²) in [6.07, 6.45) is -3.94. The summed E-state index contributed by atoms with van der Waals surface area (Å²) in [7, 11) is 0. The first kappa shape index (κ1) is 16.4. The van der Waals surface area contributed by atoms with Crippen molar-refractivity contribution < 1.29 is 22.4 Å². The van der Waals surface area contributed by atoms with Crippen LogP contribution in [0.15, 0.2) is 16.5 Å². The molecule has 1 aromatic heterocycles. The summed E-state index contributed by atoms with van der Waals surface area (Å²) in [5.74, 6) is -1.25. The maximum atomic E-state index is 13.0. The Morgan fingerprint density at radius 3 is 2.80 bits per heavy atom. The molecule has 0 N–H and O–H groups in total. The van der Waals surface area contributed by atoms with E-state index in [1.807, 2.05) is 19.1 Å². The average molecular weight is 352 g/mol. The van der Waals surface area contributed by atoms with E-state index in [1.54, 1.807) is 6.92 Å². The molecule has 1 aliphatic heterocycles. The number of amides is 1. The molecule has 0 spiro atoms. The number of oxazole rings is 1. The topological polar surface area (TPSA) is 46.3 Å². The molecule has 1 aromatic carbocycles. The van der Waals surface area contributed by atoms with Crippen molar-refractivity contribution in [3.8, 4) is 0 Å². The summed E-state index contributed by atoms with van der Waals surface area (Å²) in [5.41, 5.74) is 3.22. The average Bonchev–Trinajstić information content (AvgIpc) is 2.88. The van der Waals surface area contributed by atoms with E-state index in [0.717, 1.165) is 21.5 Å². The summed E-state index contributed by atoms with van der Waals surface area (Å²) in [6, 6.07) is 3.27. The van der Waals surface area contributed by atoms with Crippen molar-refractivity contribution in [1.82, 2.24) is 9.88 Å². The molecule has 1 amide bonds. The van der Waals surface area contributed by atoms with Gasteiger partial charge in [-0.25, -0.2) is 4.98 Å². The lowest BCUT2D eigenvalue weighted by atomic mass is 9.58. The molecule has 2 bridgehead atoms. The fraction of sp³-hybridized carbons (Fsp3) is 0.556. The lowest BCUT2D eigenvalue weighted by molar-refractivity contribution is -0.192. The summed E-state index contributed by atoms with van der Waals surface area (Å²) >= 11 is 0. The number of hydrogen-bond donors (Lipinski definition) is 0. The van der Waals surface area contributed by atoms with Crippen molar-refractivity contribution in [3.05, 3.63) is 29.2 Å². The monoisotopic (exact) mass is 352 g/mol. The molecule has 4 nitrogen and oxygen atoms in total. The van der Waals surface area contributed by atoms with Crippen LogP contribution in [0, 0.1) is 12.8 Å². The van der Waals surface area contributed by atoms with Gasteiger partial charge in [-0.2, -0.15) is 13.2 Å². The van der Waals surface area contributed by atoms with Crippen molar-refractivity contribution in [2.45, 2.75) is 51.2 Å². The Hall–Kier alpha value is -2.05. The number of halogens is 3. The van der Waals surface area contributed by atoms with Crippen LogP contribution in [-0.2, 0) is 16.6 Å². The molecule has 1 unspecified atom stereocenters. The number of aromatic nitrogens is 1. The first-order chi connectivity index (χ1) is 11.6. The number of benzene rings is 1. The van der Waals surface area contributed by atoms with E-state index in [4.69, 9.17) is 4.42 Å². The first-order valence-electron chi connectivity index (χ1n) is 8.40. The molecule has 1 aliphatic carbocycles. The highest BCUT2D eigenvalue weighted by atomic mass is 19.4. The molecule has 2 aliphatic rings. The van der Waals surface area contributed by atoms with Gasteiger partial charge in [-0.3, -0.25) is 4.79 Å². The number of likely N-dealkylation sites (tertiary alicyclic amines) is 1. The lowest BCUT2D eigenvalue weighted by Crippen LogP contribution is -2.61. The molecule has 134 valence electrons. The zero-order chi connectivity index (χ0) is 18.1. The standard InChI is InChI=1S/C18H19F3N2O2/c1-9-12-8-11-4-5-13-15(22-10(2)25-13)14(11)17(9,3)6-7-23(12)16(24)18(19,20)21/h4-5,9,12H,6-8H2,1-3H3/t9-,12?,17-/m1/s1. The number of hydrogen-bond acceptors (Lipinski definition) is 3. The number of carbonyl (C=O) groups excluding carboxylic acids is 1. The van der Waals surface area contributed by atoms with Crippen molar-refractivity contribution in [1.29, 1.82) is 0 Å². The lowest BCUT2D eigenvalue weighted by Gasteiger charge is -2.54. The van der Waals surface area contributed by atoms with E-state index in [9.17, 15) is 18.0 Å². The maximum absolute atomic E-state index is 13.0. The van der Waals surface area contributed by atoms with Crippen molar-refractivity contribution in [2.24, 2.45) is 5.92 Å². The normalized spacial score (nSPS) is 29.0. The second-order valence-corrected chi connectivity index (χ2v) is 7.40. The Balaban J connectivity index is 1.85. The van der Waals surface area contributed by atoms with Gasteiger partial charge in [-0.05, 0) is 36.0 Å². The minimum atomic E-state index is -4.83. The number of piperidine rings is 1. The van der Waals surface area contributed by atoms with Gasteiger partial charge >= 0.3 is 12.1 Å². The van der Waals surface area contributed by atoms with Gasteiger partial charge in [0.2, 0.25) is 0 Å². The largest absolute Gasteiger partial charge is 0.471 e. The van der Waals surface area contributed by atoms with Crippen LogP contribution in [0.1, 0.15) is 37.3 Å².